The molecule has 1 atom stereocenters. The predicted octanol–water partition coefficient (Wildman–Crippen LogP) is 4.96. The number of aliphatic hydroxyl groups is 1. The third-order valence-electron chi connectivity index (χ3n) is 10.6. The first-order valence-electron chi connectivity index (χ1n) is 16.7. The Morgan fingerprint density at radius 1 is 0.776 bits per heavy atom. The highest BCUT2D eigenvalue weighted by Crippen LogP contribution is 2.38. The Balaban J connectivity index is 0.000000191. The standard InChI is InChI=1S/C20H24N2O3.C19H20N2O3/c1-13(23)14-4-5-15-11-18(24)17(12-21)19(16(15)10-14)22-8-6-20(2,25-3)7-9-22;1-19(24-2)5-7-21(8-6-19)18-15-9-13(12-22)3-4-14(15)10-17(23)16(18)11-20/h4-5,10,13,23H,6-9,11H2,1-3H3;3-4,9,12H,5-8,10H2,1-2H3. The van der Waals surface area contributed by atoms with Gasteiger partial charge in [-0.05, 0) is 75.3 Å². The summed E-state index contributed by atoms with van der Waals surface area (Å²) in [7, 11) is 3.44. The van der Waals surface area contributed by atoms with Gasteiger partial charge in [0.25, 0.3) is 0 Å². The van der Waals surface area contributed by atoms with Crippen LogP contribution in [0.3, 0.4) is 0 Å². The second-order valence-electron chi connectivity index (χ2n) is 13.8. The number of hydrogen-bond acceptors (Lipinski definition) is 10. The highest BCUT2D eigenvalue weighted by molar-refractivity contribution is 6.10. The number of allylic oxidation sites excluding steroid dienone is 2. The lowest BCUT2D eigenvalue weighted by atomic mass is 9.84. The van der Waals surface area contributed by atoms with Gasteiger partial charge in [-0.15, -0.1) is 0 Å². The van der Waals surface area contributed by atoms with Crippen LogP contribution in [-0.2, 0) is 31.9 Å². The van der Waals surface area contributed by atoms with E-state index >= 15 is 0 Å². The molecule has 2 aromatic carbocycles. The number of aldehydes is 1. The highest BCUT2D eigenvalue weighted by atomic mass is 16.5. The number of rotatable bonds is 6. The van der Waals surface area contributed by atoms with Crippen molar-refractivity contribution in [3.63, 3.8) is 0 Å². The van der Waals surface area contributed by atoms with Crippen LogP contribution in [0, 0.1) is 22.7 Å². The largest absolute Gasteiger partial charge is 0.389 e. The number of ketones is 2. The number of carbonyl (C=O) groups excluding carboxylic acids is 3. The van der Waals surface area contributed by atoms with Gasteiger partial charge in [-0.3, -0.25) is 14.4 Å². The molecule has 2 fully saturated rings. The van der Waals surface area contributed by atoms with Gasteiger partial charge in [-0.25, -0.2) is 0 Å². The summed E-state index contributed by atoms with van der Waals surface area (Å²) in [6.45, 7) is 8.78. The maximum atomic E-state index is 12.5. The average Bonchev–Trinajstić information content (AvgIpc) is 3.11. The lowest BCUT2D eigenvalue weighted by Gasteiger charge is -2.41. The number of carbonyl (C=O) groups is 3. The molecule has 2 heterocycles. The van der Waals surface area contributed by atoms with Crippen LogP contribution in [0.4, 0.5) is 0 Å². The third kappa shape index (κ3) is 7.23. The second-order valence-corrected chi connectivity index (χ2v) is 13.8. The molecule has 10 heteroatoms. The van der Waals surface area contributed by atoms with Gasteiger partial charge in [0.05, 0.1) is 28.7 Å². The smallest absolute Gasteiger partial charge is 0.179 e. The van der Waals surface area contributed by atoms with Crippen molar-refractivity contribution in [3.05, 3.63) is 80.9 Å². The molecule has 0 bridgehead atoms. The van der Waals surface area contributed by atoms with Crippen LogP contribution >= 0.6 is 0 Å². The normalized spacial score (nSPS) is 20.3. The minimum absolute atomic E-state index is 0.130. The van der Waals surface area contributed by atoms with Gasteiger partial charge >= 0.3 is 0 Å². The molecule has 2 aromatic rings. The summed E-state index contributed by atoms with van der Waals surface area (Å²) in [5.41, 5.74) is 6.36. The number of nitrogens with zero attached hydrogens (tertiary/aromatic N) is 4. The number of likely N-dealkylation sites (tertiary alicyclic amines) is 2. The number of hydrogen-bond donors (Lipinski definition) is 1. The van der Waals surface area contributed by atoms with E-state index in [0.717, 1.165) is 78.6 Å². The highest BCUT2D eigenvalue weighted by Gasteiger charge is 2.37. The van der Waals surface area contributed by atoms with Crippen LogP contribution in [-0.4, -0.2) is 84.4 Å². The van der Waals surface area contributed by atoms with Crippen molar-refractivity contribution in [1.82, 2.24) is 9.80 Å². The zero-order valence-corrected chi connectivity index (χ0v) is 29.0. The SMILES string of the molecule is COC1(C)CCN(C2=C(C#N)C(=O)Cc3ccc(C(C)O)cc32)CC1.COC1(C)CCN(C2=C(C#N)C(=O)Cc3ccc(C=O)cc32)CC1. The number of piperidine rings is 2. The van der Waals surface area contributed by atoms with E-state index in [0.29, 0.717) is 24.4 Å². The Kier molecular flexibility index (Phi) is 10.5. The van der Waals surface area contributed by atoms with E-state index in [1.807, 2.05) is 24.3 Å². The zero-order chi connectivity index (χ0) is 35.5. The van der Waals surface area contributed by atoms with Crippen molar-refractivity contribution < 1.29 is 29.0 Å². The molecule has 0 saturated carbocycles. The van der Waals surface area contributed by atoms with Crippen LogP contribution in [0.15, 0.2) is 47.5 Å². The summed E-state index contributed by atoms with van der Waals surface area (Å²) in [4.78, 5) is 40.2. The first-order chi connectivity index (χ1) is 23.4. The van der Waals surface area contributed by atoms with Gasteiger partial charge in [0.1, 0.15) is 29.6 Å². The Morgan fingerprint density at radius 3 is 1.59 bits per heavy atom. The van der Waals surface area contributed by atoms with Crippen molar-refractivity contribution in [2.24, 2.45) is 0 Å². The lowest BCUT2D eigenvalue weighted by molar-refractivity contribution is -0.115. The first-order valence-corrected chi connectivity index (χ1v) is 16.7. The van der Waals surface area contributed by atoms with E-state index in [-0.39, 0.29) is 46.8 Å². The molecule has 4 aliphatic rings. The van der Waals surface area contributed by atoms with E-state index < -0.39 is 6.10 Å². The maximum absolute atomic E-state index is 12.5. The number of aliphatic hydroxyl groups excluding tert-OH is 1. The molecule has 6 rings (SSSR count). The van der Waals surface area contributed by atoms with Crippen molar-refractivity contribution in [1.29, 1.82) is 10.5 Å². The monoisotopic (exact) mass is 664 g/mol. The molecular weight excluding hydrogens is 620 g/mol. The molecule has 2 saturated heterocycles. The fraction of sp³-hybridized carbons (Fsp3) is 0.462. The van der Waals surface area contributed by atoms with E-state index in [1.54, 1.807) is 33.3 Å². The molecule has 10 nitrogen and oxygen atoms in total. The minimum Gasteiger partial charge on any atom is -0.389 e. The number of nitriles is 2. The van der Waals surface area contributed by atoms with Crippen molar-refractivity contribution in [2.75, 3.05) is 40.4 Å². The molecule has 1 unspecified atom stereocenters. The number of methoxy groups -OCH3 is 2. The second kappa shape index (κ2) is 14.5. The fourth-order valence-electron chi connectivity index (χ4n) is 7.03. The molecule has 0 amide bonds. The molecule has 49 heavy (non-hydrogen) atoms. The number of Topliss-reactive ketones (excluding diaryl/α,β-unsaturated/α-hetero) is 2. The quantitative estimate of drug-likeness (QED) is 0.421. The van der Waals surface area contributed by atoms with E-state index in [2.05, 4.69) is 35.8 Å². The molecule has 1 N–H and O–H groups in total. The molecule has 0 radical (unpaired) electrons. The van der Waals surface area contributed by atoms with Gasteiger partial charge in [0, 0.05) is 69.9 Å². The topological polar surface area (TPSA) is 144 Å². The predicted molar refractivity (Wildman–Crippen MR) is 184 cm³/mol. The van der Waals surface area contributed by atoms with E-state index in [4.69, 9.17) is 9.47 Å². The summed E-state index contributed by atoms with van der Waals surface area (Å²) in [5, 5.41) is 29.0. The average molecular weight is 665 g/mol. The summed E-state index contributed by atoms with van der Waals surface area (Å²) in [6, 6.07) is 15.2. The Morgan fingerprint density at radius 2 is 1.20 bits per heavy atom. The lowest BCUT2D eigenvalue weighted by Crippen LogP contribution is -2.43. The van der Waals surface area contributed by atoms with E-state index in [1.165, 1.54) is 0 Å². The van der Waals surface area contributed by atoms with Crippen molar-refractivity contribution in [3.8, 4) is 12.1 Å². The molecule has 2 aliphatic carbocycles. The third-order valence-corrected chi connectivity index (χ3v) is 10.6. The van der Waals surface area contributed by atoms with Gasteiger partial charge in [-0.2, -0.15) is 10.5 Å². The number of ether oxygens (including phenoxy) is 2. The number of benzene rings is 2. The van der Waals surface area contributed by atoms with Crippen LogP contribution in [0.1, 0.15) is 90.7 Å². The fourth-order valence-corrected chi connectivity index (χ4v) is 7.03. The first kappa shape index (κ1) is 35.7. The van der Waals surface area contributed by atoms with E-state index in [9.17, 15) is 30.0 Å². The molecule has 0 spiro atoms. The summed E-state index contributed by atoms with van der Waals surface area (Å²) < 4.78 is 11.2. The van der Waals surface area contributed by atoms with Gasteiger partial charge in [0.15, 0.2) is 11.6 Å². The Hall–Kier alpha value is -4.61. The summed E-state index contributed by atoms with van der Waals surface area (Å²) >= 11 is 0. The molecular formula is C39H44N4O6. The van der Waals surface area contributed by atoms with Crippen LogP contribution in [0.2, 0.25) is 0 Å². The van der Waals surface area contributed by atoms with Gasteiger partial charge in [0.2, 0.25) is 0 Å². The van der Waals surface area contributed by atoms with Crippen molar-refractivity contribution in [2.45, 2.75) is 76.6 Å². The Bertz CT molecular complexity index is 1790. The van der Waals surface area contributed by atoms with Crippen LogP contribution < -0.4 is 0 Å². The number of fused-ring (bicyclic) bond motifs is 2. The maximum Gasteiger partial charge on any atom is 0.179 e. The summed E-state index contributed by atoms with van der Waals surface area (Å²) in [5.74, 6) is -0.284. The molecule has 0 aromatic heterocycles. The zero-order valence-electron chi connectivity index (χ0n) is 29.0. The van der Waals surface area contributed by atoms with Crippen molar-refractivity contribution >= 4 is 29.2 Å². The Labute approximate surface area is 288 Å². The minimum atomic E-state index is -0.590. The summed E-state index contributed by atoms with van der Waals surface area (Å²) in [6.07, 6.45) is 3.98. The van der Waals surface area contributed by atoms with Crippen LogP contribution in [0.25, 0.3) is 11.4 Å². The van der Waals surface area contributed by atoms with Crippen LogP contribution in [0.5, 0.6) is 0 Å². The molecule has 256 valence electrons. The molecule has 2 aliphatic heterocycles. The van der Waals surface area contributed by atoms with Gasteiger partial charge in [-0.1, -0.05) is 24.3 Å². The van der Waals surface area contributed by atoms with Gasteiger partial charge < -0.3 is 24.4 Å².